The van der Waals surface area contributed by atoms with Gasteiger partial charge in [0.25, 0.3) is 0 Å². The largest absolute Gasteiger partial charge is 0.271 e. The predicted octanol–water partition coefficient (Wildman–Crippen LogP) is 3.79. The van der Waals surface area contributed by atoms with Crippen molar-refractivity contribution in [3.8, 4) is 0 Å². The Morgan fingerprint density at radius 1 is 1.05 bits per heavy atom. The van der Waals surface area contributed by atoms with E-state index in [0.717, 1.165) is 28.8 Å². The number of hydrazine groups is 1. The number of hydrogen-bond acceptors (Lipinski definition) is 2. The zero-order valence-corrected chi connectivity index (χ0v) is 11.9. The molecule has 0 spiro atoms. The summed E-state index contributed by atoms with van der Waals surface area (Å²) in [4.78, 5) is 0. The van der Waals surface area contributed by atoms with Crippen LogP contribution in [0, 0.1) is 25.5 Å². The summed E-state index contributed by atoms with van der Waals surface area (Å²) in [6.07, 6.45) is 0. The highest BCUT2D eigenvalue weighted by Gasteiger charge is 2.20. The molecule has 0 fully saturated rings. The lowest BCUT2D eigenvalue weighted by molar-refractivity contribution is 0.544. The van der Waals surface area contributed by atoms with Crippen LogP contribution in [0.5, 0.6) is 0 Å². The van der Waals surface area contributed by atoms with Crippen molar-refractivity contribution in [3.63, 3.8) is 0 Å². The van der Waals surface area contributed by atoms with E-state index in [9.17, 15) is 8.78 Å². The van der Waals surface area contributed by atoms with Crippen molar-refractivity contribution in [2.75, 3.05) is 0 Å². The van der Waals surface area contributed by atoms with Crippen molar-refractivity contribution in [1.82, 2.24) is 5.43 Å². The second-order valence-electron chi connectivity index (χ2n) is 4.75. The monoisotopic (exact) mass is 296 g/mol. The van der Waals surface area contributed by atoms with E-state index in [1.807, 2.05) is 32.0 Å². The second-order valence-corrected chi connectivity index (χ2v) is 5.15. The molecule has 106 valence electrons. The summed E-state index contributed by atoms with van der Waals surface area (Å²) >= 11 is 5.57. The van der Waals surface area contributed by atoms with Crippen LogP contribution in [-0.2, 0) is 0 Å². The van der Waals surface area contributed by atoms with Crippen molar-refractivity contribution >= 4 is 11.6 Å². The van der Waals surface area contributed by atoms with Gasteiger partial charge < -0.3 is 0 Å². The quantitative estimate of drug-likeness (QED) is 0.514. The third-order valence-corrected chi connectivity index (χ3v) is 3.55. The Kier molecular flexibility index (Phi) is 4.38. The van der Waals surface area contributed by atoms with E-state index in [4.69, 9.17) is 17.4 Å². The van der Waals surface area contributed by atoms with Crippen LogP contribution < -0.4 is 11.3 Å². The first kappa shape index (κ1) is 14.9. The van der Waals surface area contributed by atoms with E-state index in [-0.39, 0.29) is 10.6 Å². The van der Waals surface area contributed by atoms with Gasteiger partial charge in [-0.2, -0.15) is 0 Å². The fourth-order valence-electron chi connectivity index (χ4n) is 2.18. The molecule has 2 aromatic rings. The summed E-state index contributed by atoms with van der Waals surface area (Å²) in [5.74, 6) is 4.27. The lowest BCUT2D eigenvalue weighted by atomic mass is 9.93. The van der Waals surface area contributed by atoms with Crippen LogP contribution >= 0.6 is 11.6 Å². The molecule has 2 nitrogen and oxygen atoms in total. The van der Waals surface area contributed by atoms with E-state index >= 15 is 0 Å². The SMILES string of the molecule is Cc1ccc(C)c(C(NN)c2cc(F)c(Cl)cc2F)c1. The van der Waals surface area contributed by atoms with Crippen LogP contribution in [-0.4, -0.2) is 0 Å². The molecule has 1 atom stereocenters. The van der Waals surface area contributed by atoms with Gasteiger partial charge >= 0.3 is 0 Å². The predicted molar refractivity (Wildman–Crippen MR) is 76.5 cm³/mol. The van der Waals surface area contributed by atoms with Crippen molar-refractivity contribution in [3.05, 3.63) is 69.2 Å². The van der Waals surface area contributed by atoms with E-state index < -0.39 is 17.7 Å². The summed E-state index contributed by atoms with van der Waals surface area (Å²) < 4.78 is 27.6. The molecule has 3 N–H and O–H groups in total. The van der Waals surface area contributed by atoms with Crippen molar-refractivity contribution in [1.29, 1.82) is 0 Å². The Morgan fingerprint density at radius 3 is 2.40 bits per heavy atom. The van der Waals surface area contributed by atoms with Gasteiger partial charge in [0.05, 0.1) is 11.1 Å². The topological polar surface area (TPSA) is 38.0 Å². The summed E-state index contributed by atoms with van der Waals surface area (Å²) in [5.41, 5.74) is 5.42. The number of nitrogens with one attached hydrogen (secondary N) is 1. The Labute approximate surface area is 121 Å². The minimum atomic E-state index is -0.673. The number of rotatable bonds is 3. The lowest BCUT2D eigenvalue weighted by Gasteiger charge is -2.20. The van der Waals surface area contributed by atoms with E-state index in [0.29, 0.717) is 0 Å². The van der Waals surface area contributed by atoms with Crippen LogP contribution in [0.1, 0.15) is 28.3 Å². The molecular weight excluding hydrogens is 282 g/mol. The zero-order valence-electron chi connectivity index (χ0n) is 11.2. The van der Waals surface area contributed by atoms with Gasteiger partial charge in [-0.3, -0.25) is 5.84 Å². The number of halogens is 3. The maximum atomic E-state index is 14.0. The third-order valence-electron chi connectivity index (χ3n) is 3.26. The van der Waals surface area contributed by atoms with Crippen molar-refractivity contribution < 1.29 is 8.78 Å². The average Bonchev–Trinajstić information content (AvgIpc) is 2.40. The molecule has 5 heteroatoms. The van der Waals surface area contributed by atoms with Crippen LogP contribution in [0.15, 0.2) is 30.3 Å². The fourth-order valence-corrected chi connectivity index (χ4v) is 2.33. The van der Waals surface area contributed by atoms with Gasteiger partial charge in [-0.1, -0.05) is 35.4 Å². The molecule has 0 bridgehead atoms. The summed E-state index contributed by atoms with van der Waals surface area (Å²) in [5, 5.41) is -0.247. The third kappa shape index (κ3) is 2.82. The minimum Gasteiger partial charge on any atom is -0.271 e. The van der Waals surface area contributed by atoms with Crippen LogP contribution in [0.4, 0.5) is 8.78 Å². The van der Waals surface area contributed by atoms with Crippen LogP contribution in [0.2, 0.25) is 5.02 Å². The Balaban J connectivity index is 2.58. The molecule has 0 aromatic heterocycles. The van der Waals surface area contributed by atoms with Gasteiger partial charge in [0.15, 0.2) is 0 Å². The van der Waals surface area contributed by atoms with E-state index in [2.05, 4.69) is 5.43 Å². The van der Waals surface area contributed by atoms with Gasteiger partial charge in [0.2, 0.25) is 0 Å². The summed E-state index contributed by atoms with van der Waals surface area (Å²) in [6.45, 7) is 3.82. The smallest absolute Gasteiger partial charge is 0.142 e. The van der Waals surface area contributed by atoms with Gasteiger partial charge in [-0.15, -0.1) is 0 Å². The maximum absolute atomic E-state index is 14.0. The molecule has 2 rings (SSSR count). The number of benzene rings is 2. The van der Waals surface area contributed by atoms with Gasteiger partial charge in [0.1, 0.15) is 11.6 Å². The van der Waals surface area contributed by atoms with Crippen LogP contribution in [0.25, 0.3) is 0 Å². The highest BCUT2D eigenvalue weighted by Crippen LogP contribution is 2.30. The molecule has 0 aliphatic rings. The summed E-state index contributed by atoms with van der Waals surface area (Å²) in [6, 6.07) is 7.16. The van der Waals surface area contributed by atoms with Gasteiger partial charge in [-0.05, 0) is 37.1 Å². The minimum absolute atomic E-state index is 0.128. The number of hydrogen-bond donors (Lipinski definition) is 2. The maximum Gasteiger partial charge on any atom is 0.142 e. The first-order chi connectivity index (χ1) is 9.43. The highest BCUT2D eigenvalue weighted by molar-refractivity contribution is 6.30. The van der Waals surface area contributed by atoms with Gasteiger partial charge in [0, 0.05) is 5.56 Å². The van der Waals surface area contributed by atoms with Crippen LogP contribution in [0.3, 0.4) is 0 Å². The molecule has 0 saturated carbocycles. The number of nitrogens with two attached hydrogens (primary N) is 1. The average molecular weight is 297 g/mol. The zero-order chi connectivity index (χ0) is 14.9. The molecule has 0 aliphatic carbocycles. The second kappa shape index (κ2) is 5.87. The molecule has 0 aliphatic heterocycles. The molecule has 0 saturated heterocycles. The molecule has 0 heterocycles. The molecule has 0 radical (unpaired) electrons. The van der Waals surface area contributed by atoms with E-state index in [1.54, 1.807) is 0 Å². The molecule has 2 aromatic carbocycles. The fraction of sp³-hybridized carbons (Fsp3) is 0.200. The van der Waals surface area contributed by atoms with Crippen molar-refractivity contribution in [2.45, 2.75) is 19.9 Å². The first-order valence-corrected chi connectivity index (χ1v) is 6.49. The highest BCUT2D eigenvalue weighted by atomic mass is 35.5. The number of aryl methyl sites for hydroxylation is 2. The van der Waals surface area contributed by atoms with E-state index in [1.165, 1.54) is 0 Å². The molecule has 20 heavy (non-hydrogen) atoms. The Bertz CT molecular complexity index is 644. The van der Waals surface area contributed by atoms with Crippen molar-refractivity contribution in [2.24, 2.45) is 5.84 Å². The summed E-state index contributed by atoms with van der Waals surface area (Å²) in [7, 11) is 0. The lowest BCUT2D eigenvalue weighted by Crippen LogP contribution is -2.30. The Hall–Kier alpha value is -1.49. The standard InChI is InChI=1S/C15H15ClF2N2/c1-8-3-4-9(2)10(5-8)15(20-19)11-6-14(18)12(16)7-13(11)17/h3-7,15,20H,19H2,1-2H3. The molecule has 0 amide bonds. The molecule has 1 unspecified atom stereocenters. The Morgan fingerprint density at radius 2 is 1.75 bits per heavy atom. The normalized spacial score (nSPS) is 12.5. The first-order valence-electron chi connectivity index (χ1n) is 6.11. The molecular formula is C15H15ClF2N2. The van der Waals surface area contributed by atoms with Gasteiger partial charge in [-0.25, -0.2) is 14.2 Å².